The van der Waals surface area contributed by atoms with Crippen molar-refractivity contribution in [2.75, 3.05) is 13.3 Å². The molecule has 2 aliphatic rings. The molecule has 5 rings (SSSR count). The van der Waals surface area contributed by atoms with Crippen molar-refractivity contribution in [1.82, 2.24) is 0 Å². The van der Waals surface area contributed by atoms with Gasteiger partial charge in [0.05, 0.1) is 0 Å². The maximum Gasteiger partial charge on any atom is -1.00 e. The van der Waals surface area contributed by atoms with Crippen molar-refractivity contribution in [3.05, 3.63) is 106 Å². The number of hydrogen-bond donors (Lipinski definition) is 0. The normalized spacial score (nSPS) is 18.2. The molecule has 0 fully saturated rings. The van der Waals surface area contributed by atoms with Crippen molar-refractivity contribution >= 4 is 20.1 Å². The molecular weight excluding hydrogens is 572 g/mol. The van der Waals surface area contributed by atoms with Gasteiger partial charge in [0.2, 0.25) is 0 Å². The molecule has 0 amide bonds. The Hall–Kier alpha value is -1.70. The van der Waals surface area contributed by atoms with Crippen LogP contribution < -0.4 is 9.41 Å². The number of fused-ring (bicyclic) bond motifs is 2. The third kappa shape index (κ3) is 4.32. The van der Waals surface area contributed by atoms with E-state index >= 15 is 0 Å². The monoisotopic (exact) mass is 598 g/mol. The Morgan fingerprint density at radius 2 is 1.39 bits per heavy atom. The summed E-state index contributed by atoms with van der Waals surface area (Å²) in [6.45, 7) is 7.24. The molecule has 3 aromatic rings. The van der Waals surface area contributed by atoms with E-state index < -0.39 is 22.9 Å². The van der Waals surface area contributed by atoms with E-state index in [0.717, 1.165) is 3.67 Å². The van der Waals surface area contributed by atoms with Crippen molar-refractivity contribution in [2.45, 2.75) is 14.3 Å². The largest absolute Gasteiger partial charge is 1.00 e. The molecule has 3 aromatic carbocycles. The Labute approximate surface area is 196 Å². The van der Waals surface area contributed by atoms with Crippen LogP contribution in [0.1, 0.15) is 36.5 Å². The van der Waals surface area contributed by atoms with Crippen molar-refractivity contribution in [3.63, 3.8) is 0 Å². The van der Waals surface area contributed by atoms with E-state index in [4.69, 9.17) is 0 Å². The zero-order valence-electron chi connectivity index (χ0n) is 17.9. The first-order valence-corrected chi connectivity index (χ1v) is 16.6. The predicted octanol–water partition coefficient (Wildman–Crippen LogP) is 1.74. The third-order valence-corrected chi connectivity index (χ3v) is 15.8. The molecule has 2 atom stereocenters. The van der Waals surface area contributed by atoms with Gasteiger partial charge in [-0.1, -0.05) is 0 Å². The molecule has 2 aliphatic carbocycles. The smallest absolute Gasteiger partial charge is 1.00 e. The van der Waals surface area contributed by atoms with Crippen LogP contribution in [0.5, 0.6) is 0 Å². The van der Waals surface area contributed by atoms with Crippen molar-refractivity contribution in [2.24, 2.45) is 0 Å². The molecule has 0 radical (unpaired) electrons. The van der Waals surface area contributed by atoms with Crippen molar-refractivity contribution in [3.8, 4) is 11.1 Å². The Morgan fingerprint density at radius 3 is 2.13 bits per heavy atom. The summed E-state index contributed by atoms with van der Waals surface area (Å²) in [6.07, 6.45) is 5.01. The average molecular weight is 597 g/mol. The zero-order chi connectivity index (χ0) is 20.0. The van der Waals surface area contributed by atoms with E-state index in [0.29, 0.717) is 3.67 Å². The summed E-state index contributed by atoms with van der Waals surface area (Å²) in [6, 6.07) is 27.0. The van der Waals surface area contributed by atoms with E-state index in [2.05, 4.69) is 105 Å². The quantitative estimate of drug-likeness (QED) is 0.318. The maximum absolute atomic E-state index is 2.52. The molecule has 0 saturated carbocycles. The minimum atomic E-state index is -1.04. The van der Waals surface area contributed by atoms with Gasteiger partial charge < -0.3 is 9.41 Å². The van der Waals surface area contributed by atoms with E-state index in [9.17, 15) is 0 Å². The summed E-state index contributed by atoms with van der Waals surface area (Å²) in [4.78, 5) is 0. The fourth-order valence-electron chi connectivity index (χ4n) is 4.68. The zero-order valence-corrected chi connectivity index (χ0v) is 22.4. The summed E-state index contributed by atoms with van der Waals surface area (Å²) in [5.41, 5.74) is 10.5. The number of rotatable bonds is 4. The van der Waals surface area contributed by atoms with Gasteiger partial charge >= 0.3 is 188 Å². The summed E-state index contributed by atoms with van der Waals surface area (Å²) >= 11 is -1.04. The number of benzene rings is 3. The van der Waals surface area contributed by atoms with E-state index in [-0.39, 0.29) is 17.3 Å². The van der Waals surface area contributed by atoms with E-state index in [1.165, 1.54) is 22.3 Å². The van der Waals surface area contributed by atoms with Crippen LogP contribution in [0.2, 0.25) is 0 Å². The first kappa shape index (κ1) is 24.0. The summed E-state index contributed by atoms with van der Waals surface area (Å²) < 4.78 is 1.44. The molecule has 4 heteroatoms. The van der Waals surface area contributed by atoms with Gasteiger partial charge in [0.15, 0.2) is 0 Å². The first-order chi connectivity index (χ1) is 14.1. The Morgan fingerprint density at radius 1 is 0.710 bits per heavy atom. The SMILES string of the molecule is CC1=Cc2c(-c3ccccc3)cccc2[CH]1[Hf+2][CH]1C(P(C)C)=Cc2ccccc21.[F-].[F-]. The minimum absolute atomic E-state index is 0. The van der Waals surface area contributed by atoms with Crippen LogP contribution in [0, 0.1) is 0 Å². The minimum Gasteiger partial charge on any atom is -1.00 e. The molecule has 0 nitrogen and oxygen atoms in total. The van der Waals surface area contributed by atoms with Gasteiger partial charge in [0, 0.05) is 0 Å². The topological polar surface area (TPSA) is 0 Å². The van der Waals surface area contributed by atoms with Crippen molar-refractivity contribution in [1.29, 1.82) is 0 Å². The van der Waals surface area contributed by atoms with Crippen LogP contribution in [0.25, 0.3) is 23.3 Å². The molecule has 0 saturated heterocycles. The third-order valence-electron chi connectivity index (χ3n) is 6.12. The molecule has 0 heterocycles. The Kier molecular flexibility index (Phi) is 7.60. The van der Waals surface area contributed by atoms with Gasteiger partial charge in [-0.2, -0.15) is 0 Å². The van der Waals surface area contributed by atoms with Gasteiger partial charge in [-0.05, 0) is 0 Å². The maximum atomic E-state index is 2.52. The first-order valence-electron chi connectivity index (χ1n) is 10.2. The van der Waals surface area contributed by atoms with Gasteiger partial charge in [-0.3, -0.25) is 0 Å². The summed E-state index contributed by atoms with van der Waals surface area (Å²) in [5, 5.41) is 1.74. The number of halogens is 2. The Balaban J connectivity index is 0.00000136. The van der Waals surface area contributed by atoms with Crippen LogP contribution in [0.15, 0.2) is 83.7 Å². The second kappa shape index (κ2) is 9.84. The summed E-state index contributed by atoms with van der Waals surface area (Å²) in [5.74, 6) is 0. The molecule has 0 spiro atoms. The standard InChI is InChI=1S/C16H13.C11H12P.2FH.Hf/c1-12-10-14-8-5-9-15(16(14)11-12)13-6-3-2-4-7-13;1-12(2)11-7-9-5-3-4-6-10(9)8-11;;;/h2-11H,1H3;3-8H,1-2H3;2*1H;/q;;;;+2/p-2. The van der Waals surface area contributed by atoms with E-state index in [1.54, 1.807) is 22.0 Å². The van der Waals surface area contributed by atoms with E-state index in [1.807, 2.05) is 0 Å². The fraction of sp³-hybridized carbons (Fsp3) is 0.185. The molecule has 0 bridgehead atoms. The van der Waals surface area contributed by atoms with Crippen LogP contribution in [-0.2, 0) is 22.9 Å². The molecule has 0 N–H and O–H groups in total. The molecule has 0 aliphatic heterocycles. The summed E-state index contributed by atoms with van der Waals surface area (Å²) in [7, 11) is -0.0411. The Bertz CT molecular complexity index is 1130. The van der Waals surface area contributed by atoms with Crippen LogP contribution in [-0.4, -0.2) is 13.3 Å². The second-order valence-corrected chi connectivity index (χ2v) is 15.8. The van der Waals surface area contributed by atoms with Crippen molar-refractivity contribution < 1.29 is 32.3 Å². The van der Waals surface area contributed by atoms with Gasteiger partial charge in [0.25, 0.3) is 0 Å². The number of hydrogen-bond acceptors (Lipinski definition) is 0. The molecule has 156 valence electrons. The average Bonchev–Trinajstić information content (AvgIpc) is 3.27. The predicted molar refractivity (Wildman–Crippen MR) is 124 cm³/mol. The fourth-order valence-corrected chi connectivity index (χ4v) is 15.6. The molecule has 31 heavy (non-hydrogen) atoms. The molecule has 2 unspecified atom stereocenters. The van der Waals surface area contributed by atoms with Gasteiger partial charge in [-0.25, -0.2) is 0 Å². The molecular formula is C27H25F2HfP. The van der Waals surface area contributed by atoms with Gasteiger partial charge in [0.1, 0.15) is 0 Å². The van der Waals surface area contributed by atoms with Crippen LogP contribution in [0.3, 0.4) is 0 Å². The van der Waals surface area contributed by atoms with Crippen LogP contribution in [0.4, 0.5) is 0 Å². The second-order valence-electron chi connectivity index (χ2n) is 8.19. The number of allylic oxidation sites excluding steroid dienone is 2. The molecule has 0 aromatic heterocycles. The van der Waals surface area contributed by atoms with Crippen LogP contribution >= 0.6 is 7.92 Å². The van der Waals surface area contributed by atoms with Gasteiger partial charge in [-0.15, -0.1) is 0 Å².